The number of nitrogens with two attached hydrogens (primary N) is 1. The van der Waals surface area contributed by atoms with Gasteiger partial charge in [0.05, 0.1) is 29.6 Å². The molecule has 0 heterocycles. The van der Waals surface area contributed by atoms with Crippen molar-refractivity contribution in [1.82, 2.24) is 0 Å². The molecule has 1 aromatic carbocycles. The minimum absolute atomic E-state index is 0.0318. The Labute approximate surface area is 94.8 Å². The smallest absolute Gasteiger partial charge is 0.324 e. The van der Waals surface area contributed by atoms with E-state index in [0.29, 0.717) is 0 Å². The van der Waals surface area contributed by atoms with Crippen LogP contribution in [-0.4, -0.2) is 18.9 Å². The monoisotopic (exact) mass is 247 g/mol. The molecule has 0 fully saturated rings. The molecule has 0 aliphatic rings. The lowest BCUT2D eigenvalue weighted by atomic mass is 10.2. The Bertz CT molecular complexity index is 440. The Morgan fingerprint density at radius 1 is 1.41 bits per heavy atom. The molecule has 0 unspecified atom stereocenters. The summed E-state index contributed by atoms with van der Waals surface area (Å²) in [5.74, 6) is -4.14. The van der Waals surface area contributed by atoms with E-state index >= 15 is 0 Å². The van der Waals surface area contributed by atoms with Crippen molar-refractivity contribution < 1.29 is 17.6 Å². The number of nitriles is 1. The summed E-state index contributed by atoms with van der Waals surface area (Å²) in [6, 6.07) is 5.73. The number of alkyl halides is 4. The topological polar surface area (TPSA) is 61.8 Å². The Morgan fingerprint density at radius 2 is 2.06 bits per heavy atom. The molecule has 0 saturated carbocycles. The van der Waals surface area contributed by atoms with E-state index in [0.717, 1.165) is 0 Å². The number of nitrogens with zero attached hydrogens (tertiary/aromatic N) is 1. The predicted octanol–water partition coefficient (Wildman–Crippen LogP) is 2.45. The zero-order chi connectivity index (χ0) is 13.1. The average Bonchev–Trinajstić information content (AvgIpc) is 2.28. The molecule has 0 saturated heterocycles. The molecule has 3 N–H and O–H groups in total. The van der Waals surface area contributed by atoms with Gasteiger partial charge in [-0.15, -0.1) is 0 Å². The van der Waals surface area contributed by atoms with Crippen molar-refractivity contribution in [2.45, 2.75) is 12.3 Å². The van der Waals surface area contributed by atoms with Crippen molar-refractivity contribution in [3.8, 4) is 6.07 Å². The Balaban J connectivity index is 2.79. The van der Waals surface area contributed by atoms with Gasteiger partial charge in [-0.3, -0.25) is 0 Å². The van der Waals surface area contributed by atoms with Gasteiger partial charge in [0, 0.05) is 0 Å². The van der Waals surface area contributed by atoms with Crippen molar-refractivity contribution in [2.75, 3.05) is 17.6 Å². The summed E-state index contributed by atoms with van der Waals surface area (Å²) in [5.41, 5.74) is 5.78. The van der Waals surface area contributed by atoms with Gasteiger partial charge in [-0.25, -0.2) is 8.78 Å². The number of halogens is 4. The highest BCUT2D eigenvalue weighted by Gasteiger charge is 2.40. The van der Waals surface area contributed by atoms with Gasteiger partial charge in [-0.1, -0.05) is 0 Å². The maximum atomic E-state index is 12.6. The maximum absolute atomic E-state index is 12.6. The van der Waals surface area contributed by atoms with Crippen molar-refractivity contribution in [3.05, 3.63) is 23.8 Å². The van der Waals surface area contributed by atoms with Crippen molar-refractivity contribution in [3.63, 3.8) is 0 Å². The molecule has 17 heavy (non-hydrogen) atoms. The van der Waals surface area contributed by atoms with Gasteiger partial charge in [0.25, 0.3) is 0 Å². The Morgan fingerprint density at radius 3 is 2.59 bits per heavy atom. The molecular weight excluding hydrogens is 238 g/mol. The zero-order valence-electron chi connectivity index (χ0n) is 8.55. The molecule has 0 aliphatic carbocycles. The number of benzene rings is 1. The van der Waals surface area contributed by atoms with Gasteiger partial charge in [0.1, 0.15) is 0 Å². The van der Waals surface area contributed by atoms with Gasteiger partial charge in [-0.05, 0) is 18.2 Å². The molecule has 1 aromatic rings. The van der Waals surface area contributed by atoms with Crippen LogP contribution in [0.15, 0.2) is 18.2 Å². The average molecular weight is 247 g/mol. The summed E-state index contributed by atoms with van der Waals surface area (Å²) in [4.78, 5) is 0. The minimum Gasteiger partial charge on any atom is -0.397 e. The molecule has 3 nitrogen and oxygen atoms in total. The van der Waals surface area contributed by atoms with Gasteiger partial charge in [0.15, 0.2) is 0 Å². The SMILES string of the molecule is N#Cc1ccc(N)c(NCC(F)(F)C(F)F)c1. The summed E-state index contributed by atoms with van der Waals surface area (Å²) in [7, 11) is 0. The molecule has 0 radical (unpaired) electrons. The molecule has 0 atom stereocenters. The minimum atomic E-state index is -4.14. The van der Waals surface area contributed by atoms with E-state index in [-0.39, 0.29) is 16.9 Å². The van der Waals surface area contributed by atoms with Crippen LogP contribution in [0.1, 0.15) is 5.56 Å². The fourth-order valence-electron chi connectivity index (χ4n) is 1.07. The molecule has 0 aliphatic heterocycles. The first-order valence-electron chi connectivity index (χ1n) is 4.56. The Hall–Kier alpha value is -1.97. The van der Waals surface area contributed by atoms with E-state index in [9.17, 15) is 17.6 Å². The quantitative estimate of drug-likeness (QED) is 0.634. The normalized spacial score (nSPS) is 11.3. The van der Waals surface area contributed by atoms with Gasteiger partial charge in [0.2, 0.25) is 0 Å². The lowest BCUT2D eigenvalue weighted by Crippen LogP contribution is -2.35. The lowest BCUT2D eigenvalue weighted by Gasteiger charge is -2.17. The molecule has 0 aromatic heterocycles. The number of rotatable bonds is 4. The summed E-state index contributed by atoms with van der Waals surface area (Å²) >= 11 is 0. The zero-order valence-corrected chi connectivity index (χ0v) is 8.55. The fraction of sp³-hybridized carbons (Fsp3) is 0.300. The van der Waals surface area contributed by atoms with Crippen molar-refractivity contribution >= 4 is 11.4 Å². The van der Waals surface area contributed by atoms with Crippen LogP contribution >= 0.6 is 0 Å². The molecule has 0 spiro atoms. The van der Waals surface area contributed by atoms with E-state index in [1.807, 2.05) is 0 Å². The second-order valence-corrected chi connectivity index (χ2v) is 3.33. The highest BCUT2D eigenvalue weighted by Crippen LogP contribution is 2.25. The van der Waals surface area contributed by atoms with Crippen LogP contribution in [0.3, 0.4) is 0 Å². The van der Waals surface area contributed by atoms with Gasteiger partial charge >= 0.3 is 12.3 Å². The van der Waals surface area contributed by atoms with Crippen molar-refractivity contribution in [1.29, 1.82) is 5.26 Å². The number of hydrogen-bond acceptors (Lipinski definition) is 3. The van der Waals surface area contributed by atoms with E-state index in [1.165, 1.54) is 18.2 Å². The first-order chi connectivity index (χ1) is 7.86. The van der Waals surface area contributed by atoms with Crippen LogP contribution in [0, 0.1) is 11.3 Å². The molecular formula is C10H9F4N3. The van der Waals surface area contributed by atoms with Gasteiger partial charge < -0.3 is 11.1 Å². The molecule has 0 bridgehead atoms. The first kappa shape index (κ1) is 13.1. The highest BCUT2D eigenvalue weighted by molar-refractivity contribution is 5.68. The van der Waals surface area contributed by atoms with Crippen LogP contribution < -0.4 is 11.1 Å². The molecule has 1 rings (SSSR count). The number of hydrogen-bond donors (Lipinski definition) is 2. The number of nitrogen functional groups attached to an aromatic ring is 1. The van der Waals surface area contributed by atoms with Crippen molar-refractivity contribution in [2.24, 2.45) is 0 Å². The maximum Gasteiger partial charge on any atom is 0.324 e. The second-order valence-electron chi connectivity index (χ2n) is 3.33. The summed E-state index contributed by atoms with van der Waals surface area (Å²) in [6.07, 6.45) is -3.75. The third kappa shape index (κ3) is 3.24. The van der Waals surface area contributed by atoms with Gasteiger partial charge in [-0.2, -0.15) is 14.0 Å². The molecule has 7 heteroatoms. The third-order valence-electron chi connectivity index (χ3n) is 2.02. The largest absolute Gasteiger partial charge is 0.397 e. The van der Waals surface area contributed by atoms with E-state index in [1.54, 1.807) is 6.07 Å². The third-order valence-corrected chi connectivity index (χ3v) is 2.02. The second kappa shape index (κ2) is 4.91. The molecule has 0 amide bonds. The Kier molecular flexibility index (Phi) is 3.78. The summed E-state index contributed by atoms with van der Waals surface area (Å²) in [6.45, 7) is -1.25. The highest BCUT2D eigenvalue weighted by atomic mass is 19.3. The van der Waals surface area contributed by atoms with Crippen LogP contribution in [0.5, 0.6) is 0 Å². The predicted molar refractivity (Wildman–Crippen MR) is 55.0 cm³/mol. The van der Waals surface area contributed by atoms with Crippen LogP contribution in [0.2, 0.25) is 0 Å². The van der Waals surface area contributed by atoms with Crippen LogP contribution in [0.4, 0.5) is 28.9 Å². The van der Waals surface area contributed by atoms with Crippen LogP contribution in [0.25, 0.3) is 0 Å². The lowest BCUT2D eigenvalue weighted by molar-refractivity contribution is -0.117. The summed E-state index contributed by atoms with van der Waals surface area (Å²) in [5, 5.41) is 10.7. The molecule has 92 valence electrons. The van der Waals surface area contributed by atoms with E-state index in [2.05, 4.69) is 5.32 Å². The first-order valence-corrected chi connectivity index (χ1v) is 4.56. The van der Waals surface area contributed by atoms with E-state index in [4.69, 9.17) is 11.0 Å². The van der Waals surface area contributed by atoms with E-state index < -0.39 is 18.9 Å². The number of anilines is 2. The summed E-state index contributed by atoms with van der Waals surface area (Å²) < 4.78 is 49.0. The standard InChI is InChI=1S/C10H9F4N3/c11-9(12)10(13,14)5-17-8-3-6(4-15)1-2-7(8)16/h1-3,9,17H,5,16H2. The number of nitrogens with one attached hydrogen (secondary N) is 1. The van der Waals surface area contributed by atoms with Crippen LogP contribution in [-0.2, 0) is 0 Å². The fourth-order valence-corrected chi connectivity index (χ4v) is 1.07.